The average molecular weight is 196 g/mol. The largest absolute Gasteiger partial charge is 0.316 e. The second kappa shape index (κ2) is 5.16. The highest BCUT2D eigenvalue weighted by molar-refractivity contribution is 8.34. The smallest absolute Gasteiger partial charge is 0.120 e. The molecule has 0 aromatic carbocycles. The fourth-order valence-electron chi connectivity index (χ4n) is 1.19. The van der Waals surface area contributed by atoms with E-state index in [0.29, 0.717) is 6.61 Å². The first kappa shape index (κ1) is 10.4. The van der Waals surface area contributed by atoms with Crippen LogP contribution in [0.25, 0.3) is 0 Å². The van der Waals surface area contributed by atoms with Gasteiger partial charge in [0.2, 0.25) is 0 Å². The van der Waals surface area contributed by atoms with Gasteiger partial charge in [-0.3, -0.25) is 0 Å². The monoisotopic (exact) mass is 196 g/mol. The van der Waals surface area contributed by atoms with Crippen molar-refractivity contribution in [2.24, 2.45) is 0 Å². The van der Waals surface area contributed by atoms with Crippen molar-refractivity contribution < 1.29 is 4.18 Å². The van der Waals surface area contributed by atoms with Gasteiger partial charge in [0.25, 0.3) is 0 Å². The van der Waals surface area contributed by atoms with Crippen LogP contribution in [0.2, 0.25) is 0 Å². The van der Waals surface area contributed by atoms with E-state index in [9.17, 15) is 0 Å². The predicted molar refractivity (Wildman–Crippen MR) is 60.4 cm³/mol. The molecule has 0 saturated carbocycles. The Bertz CT molecular complexity index is 235. The van der Waals surface area contributed by atoms with Crippen LogP contribution in [0.15, 0.2) is 23.0 Å². The molecule has 1 nitrogen and oxygen atoms in total. The second-order valence-electron chi connectivity index (χ2n) is 2.96. The first-order valence-electron chi connectivity index (χ1n) is 4.56. The van der Waals surface area contributed by atoms with E-state index in [4.69, 9.17) is 10.6 Å². The Morgan fingerprint density at radius 1 is 1.38 bits per heavy atom. The Balaban J connectivity index is 2.50. The lowest BCUT2D eigenvalue weighted by molar-refractivity contribution is 0.424. The van der Waals surface area contributed by atoms with E-state index < -0.39 is 10.3 Å². The van der Waals surface area contributed by atoms with Gasteiger partial charge in [-0.15, -0.1) is 6.42 Å². The summed E-state index contributed by atoms with van der Waals surface area (Å²) in [5.74, 6) is 3.64. The Labute approximate surface area is 82.4 Å². The third kappa shape index (κ3) is 2.95. The zero-order valence-electron chi connectivity index (χ0n) is 8.03. The maximum Gasteiger partial charge on any atom is 0.120 e. The van der Waals surface area contributed by atoms with Crippen LogP contribution in [0.5, 0.6) is 0 Å². The number of hydrogen-bond donors (Lipinski definition) is 0. The van der Waals surface area contributed by atoms with E-state index in [2.05, 4.69) is 35.8 Å². The molecule has 0 aliphatic carbocycles. The molecule has 1 rings (SSSR count). The van der Waals surface area contributed by atoms with Crippen LogP contribution >= 0.6 is 10.3 Å². The van der Waals surface area contributed by atoms with Crippen LogP contribution in [-0.4, -0.2) is 12.4 Å². The normalized spacial score (nSPS) is 20.0. The second-order valence-corrected chi connectivity index (χ2v) is 5.71. The number of rotatable bonds is 5. The minimum Gasteiger partial charge on any atom is -0.316 e. The van der Waals surface area contributed by atoms with E-state index in [1.54, 1.807) is 0 Å². The zero-order valence-corrected chi connectivity index (χ0v) is 8.85. The van der Waals surface area contributed by atoms with Gasteiger partial charge in [-0.1, -0.05) is 41.7 Å². The average Bonchev–Trinajstić information content (AvgIpc) is 2.61. The SMILES string of the molecule is C#CCOS1(CCCC)C=CC=C1. The van der Waals surface area contributed by atoms with Gasteiger partial charge in [0, 0.05) is 5.75 Å². The number of terminal acetylenes is 1. The van der Waals surface area contributed by atoms with Crippen LogP contribution < -0.4 is 0 Å². The van der Waals surface area contributed by atoms with Gasteiger partial charge in [-0.25, -0.2) is 0 Å². The van der Waals surface area contributed by atoms with Crippen molar-refractivity contribution in [1.29, 1.82) is 0 Å². The van der Waals surface area contributed by atoms with Crippen LogP contribution in [0.1, 0.15) is 19.8 Å². The quantitative estimate of drug-likeness (QED) is 0.614. The Kier molecular flexibility index (Phi) is 4.14. The summed E-state index contributed by atoms with van der Waals surface area (Å²) < 4.78 is 5.72. The van der Waals surface area contributed by atoms with Gasteiger partial charge >= 0.3 is 0 Å². The van der Waals surface area contributed by atoms with E-state index in [1.807, 2.05) is 0 Å². The fourth-order valence-corrected chi connectivity index (χ4v) is 3.57. The minimum absolute atomic E-state index is 0.424. The molecule has 0 bridgehead atoms. The van der Waals surface area contributed by atoms with Gasteiger partial charge in [0.1, 0.15) is 6.61 Å². The summed E-state index contributed by atoms with van der Waals surface area (Å²) in [4.78, 5) is 0. The molecule has 0 spiro atoms. The summed E-state index contributed by atoms with van der Waals surface area (Å²) >= 11 is 0. The topological polar surface area (TPSA) is 9.23 Å². The predicted octanol–water partition coefficient (Wildman–Crippen LogP) is 3.20. The minimum atomic E-state index is -1.09. The molecular weight excluding hydrogens is 180 g/mol. The summed E-state index contributed by atoms with van der Waals surface area (Å²) in [6.07, 6.45) is 11.7. The molecule has 0 radical (unpaired) electrons. The zero-order chi connectivity index (χ0) is 9.57. The molecule has 1 aliphatic heterocycles. The molecule has 0 amide bonds. The molecule has 0 fully saturated rings. The Morgan fingerprint density at radius 2 is 2.08 bits per heavy atom. The van der Waals surface area contributed by atoms with Gasteiger partial charge in [0.15, 0.2) is 0 Å². The van der Waals surface area contributed by atoms with Crippen LogP contribution in [-0.2, 0) is 4.18 Å². The highest BCUT2D eigenvalue weighted by Gasteiger charge is 2.19. The standard InChI is InChI=1S/C11H16OS/c1-3-5-9-13(12-8-4-2)10-6-7-11-13/h2,6-7,10-11H,3,5,8-9H2,1H3. The lowest BCUT2D eigenvalue weighted by atomic mass is 10.4. The van der Waals surface area contributed by atoms with Gasteiger partial charge in [-0.2, -0.15) is 0 Å². The molecule has 72 valence electrons. The first-order valence-corrected chi connectivity index (χ1v) is 6.42. The van der Waals surface area contributed by atoms with Crippen LogP contribution in [0.3, 0.4) is 0 Å². The van der Waals surface area contributed by atoms with Crippen molar-refractivity contribution >= 4 is 10.3 Å². The third-order valence-electron chi connectivity index (χ3n) is 1.91. The molecule has 2 heteroatoms. The molecule has 0 N–H and O–H groups in total. The maximum absolute atomic E-state index is 5.72. The summed E-state index contributed by atoms with van der Waals surface area (Å²) in [6, 6.07) is 0. The van der Waals surface area contributed by atoms with Crippen molar-refractivity contribution in [1.82, 2.24) is 0 Å². The molecule has 13 heavy (non-hydrogen) atoms. The van der Waals surface area contributed by atoms with Gasteiger partial charge < -0.3 is 4.18 Å². The number of hydrogen-bond acceptors (Lipinski definition) is 1. The third-order valence-corrected chi connectivity index (χ3v) is 4.63. The molecule has 0 unspecified atom stereocenters. The lowest BCUT2D eigenvalue weighted by Crippen LogP contribution is -2.02. The molecule has 0 atom stereocenters. The summed E-state index contributed by atoms with van der Waals surface area (Å²) in [6.45, 7) is 2.62. The Hall–Kier alpha value is -0.650. The molecule has 0 aromatic heterocycles. The summed E-state index contributed by atoms with van der Waals surface area (Å²) in [7, 11) is -1.09. The lowest BCUT2D eigenvalue weighted by Gasteiger charge is -2.30. The molecule has 0 saturated heterocycles. The highest BCUT2D eigenvalue weighted by atomic mass is 32.3. The summed E-state index contributed by atoms with van der Waals surface area (Å²) in [5.41, 5.74) is 0. The van der Waals surface area contributed by atoms with E-state index in [-0.39, 0.29) is 0 Å². The maximum atomic E-state index is 5.72. The van der Waals surface area contributed by atoms with Gasteiger partial charge in [0.05, 0.1) is 0 Å². The Morgan fingerprint density at radius 3 is 2.62 bits per heavy atom. The van der Waals surface area contributed by atoms with E-state index in [1.165, 1.54) is 12.8 Å². The molecular formula is C11H16OS. The van der Waals surface area contributed by atoms with E-state index in [0.717, 1.165) is 5.75 Å². The van der Waals surface area contributed by atoms with Crippen molar-refractivity contribution in [2.75, 3.05) is 12.4 Å². The number of allylic oxidation sites excluding steroid dienone is 2. The van der Waals surface area contributed by atoms with Crippen LogP contribution in [0.4, 0.5) is 0 Å². The first-order chi connectivity index (χ1) is 6.33. The number of unbranched alkanes of at least 4 members (excludes halogenated alkanes) is 1. The molecule has 0 aromatic rings. The van der Waals surface area contributed by atoms with Crippen LogP contribution in [0, 0.1) is 12.3 Å². The van der Waals surface area contributed by atoms with Crippen molar-refractivity contribution in [3.63, 3.8) is 0 Å². The van der Waals surface area contributed by atoms with Crippen molar-refractivity contribution in [3.8, 4) is 12.3 Å². The fraction of sp³-hybridized carbons (Fsp3) is 0.455. The van der Waals surface area contributed by atoms with Crippen molar-refractivity contribution in [2.45, 2.75) is 19.8 Å². The van der Waals surface area contributed by atoms with Gasteiger partial charge in [-0.05, 0) is 17.2 Å². The highest BCUT2D eigenvalue weighted by Crippen LogP contribution is 2.55. The molecule has 1 heterocycles. The summed E-state index contributed by atoms with van der Waals surface area (Å²) in [5, 5.41) is 4.33. The molecule has 1 aliphatic rings. The van der Waals surface area contributed by atoms with Crippen molar-refractivity contribution in [3.05, 3.63) is 23.0 Å². The van der Waals surface area contributed by atoms with E-state index >= 15 is 0 Å².